The molecule has 0 aliphatic rings. The fraction of sp³-hybridized carbons (Fsp3) is 0.0500. The molecule has 0 aliphatic heterocycles. The normalized spacial score (nSPS) is 11.3. The van der Waals surface area contributed by atoms with Gasteiger partial charge < -0.3 is 4.42 Å². The van der Waals surface area contributed by atoms with Gasteiger partial charge in [0.25, 0.3) is 0 Å². The van der Waals surface area contributed by atoms with Gasteiger partial charge in [-0.15, -0.1) is 0 Å². The Morgan fingerprint density at radius 1 is 1.17 bits per heavy atom. The third-order valence-corrected chi connectivity index (χ3v) is 3.90. The fourth-order valence-corrected chi connectivity index (χ4v) is 2.60. The third kappa shape index (κ3) is 3.24. The first-order valence-electron chi connectivity index (χ1n) is 7.31. The Kier molecular flexibility index (Phi) is 4.50. The minimum absolute atomic E-state index is 0.205. The highest BCUT2D eigenvalue weighted by Gasteiger charge is 2.10. The van der Waals surface area contributed by atoms with Crippen LogP contribution in [0.1, 0.15) is 16.9 Å². The van der Waals surface area contributed by atoms with E-state index in [2.05, 4.69) is 0 Å². The Morgan fingerprint density at radius 3 is 2.71 bits per heavy atom. The van der Waals surface area contributed by atoms with E-state index < -0.39 is 5.82 Å². The third-order valence-electron chi connectivity index (χ3n) is 3.66. The van der Waals surface area contributed by atoms with Crippen LogP contribution in [0, 0.1) is 24.1 Å². The number of allylic oxidation sites excluding steroid dienone is 1. The van der Waals surface area contributed by atoms with Crippen molar-refractivity contribution in [2.75, 3.05) is 0 Å². The molecule has 0 saturated heterocycles. The summed E-state index contributed by atoms with van der Waals surface area (Å²) in [5, 5.41) is 9.94. The van der Waals surface area contributed by atoms with Gasteiger partial charge in [-0.3, -0.25) is 0 Å². The lowest BCUT2D eigenvalue weighted by Crippen LogP contribution is -1.86. The van der Waals surface area contributed by atoms with Crippen LogP contribution in [0.5, 0.6) is 0 Å². The van der Waals surface area contributed by atoms with Gasteiger partial charge in [-0.05, 0) is 48.9 Å². The molecule has 4 heteroatoms. The van der Waals surface area contributed by atoms with Crippen LogP contribution in [0.3, 0.4) is 0 Å². The molecule has 0 amide bonds. The quantitative estimate of drug-likeness (QED) is 0.540. The molecule has 0 N–H and O–H groups in total. The highest BCUT2D eigenvalue weighted by atomic mass is 35.5. The van der Waals surface area contributed by atoms with Gasteiger partial charge in [0, 0.05) is 16.1 Å². The van der Waals surface area contributed by atoms with Gasteiger partial charge in [0.15, 0.2) is 0 Å². The Bertz CT molecular complexity index is 966. The van der Waals surface area contributed by atoms with Crippen molar-refractivity contribution < 1.29 is 8.81 Å². The van der Waals surface area contributed by atoms with Crippen molar-refractivity contribution in [1.29, 1.82) is 5.26 Å². The van der Waals surface area contributed by atoms with E-state index in [1.54, 1.807) is 30.3 Å². The second-order valence-corrected chi connectivity index (χ2v) is 5.75. The van der Waals surface area contributed by atoms with Crippen LogP contribution in [-0.2, 0) is 0 Å². The molecule has 0 saturated carbocycles. The molecule has 0 bridgehead atoms. The van der Waals surface area contributed by atoms with E-state index >= 15 is 0 Å². The van der Waals surface area contributed by atoms with Crippen LogP contribution in [0.2, 0.25) is 5.02 Å². The van der Waals surface area contributed by atoms with E-state index in [-0.39, 0.29) is 11.1 Å². The number of nitrogens with zero attached hydrogens (tertiary/aromatic N) is 1. The molecule has 0 fully saturated rings. The number of aryl methyl sites for hydroxylation is 1. The Morgan fingerprint density at radius 2 is 1.96 bits per heavy atom. The summed E-state index contributed by atoms with van der Waals surface area (Å²) in [6.07, 6.45) is 1.53. The van der Waals surface area contributed by atoms with E-state index in [0.29, 0.717) is 16.5 Å². The van der Waals surface area contributed by atoms with Crippen molar-refractivity contribution in [2.24, 2.45) is 0 Å². The lowest BCUT2D eigenvalue weighted by atomic mass is 10.1. The van der Waals surface area contributed by atoms with Crippen molar-refractivity contribution in [1.82, 2.24) is 0 Å². The van der Waals surface area contributed by atoms with E-state index in [1.807, 2.05) is 31.2 Å². The van der Waals surface area contributed by atoms with E-state index in [4.69, 9.17) is 16.0 Å². The van der Waals surface area contributed by atoms with Gasteiger partial charge in [0.2, 0.25) is 0 Å². The van der Waals surface area contributed by atoms with Crippen LogP contribution in [0.25, 0.3) is 23.0 Å². The standard InChI is InChI=1S/C20H13ClFNO/c1-13-6-7-15(21)11-18(13)20-9-8-16(24-20)10-14(12-23)17-4-2-3-5-19(17)22/h2-11H,1H3. The van der Waals surface area contributed by atoms with Gasteiger partial charge >= 0.3 is 0 Å². The number of nitriles is 1. The summed E-state index contributed by atoms with van der Waals surface area (Å²) in [4.78, 5) is 0. The van der Waals surface area contributed by atoms with E-state index in [0.717, 1.165) is 11.1 Å². The summed E-state index contributed by atoms with van der Waals surface area (Å²) in [6, 6.07) is 17.3. The predicted molar refractivity (Wildman–Crippen MR) is 93.8 cm³/mol. The molecular formula is C20H13ClFNO. The first-order valence-corrected chi connectivity index (χ1v) is 7.69. The zero-order valence-electron chi connectivity index (χ0n) is 12.9. The molecule has 0 atom stereocenters. The van der Waals surface area contributed by atoms with Gasteiger partial charge in [0.1, 0.15) is 17.3 Å². The highest BCUT2D eigenvalue weighted by molar-refractivity contribution is 6.30. The second kappa shape index (κ2) is 6.74. The van der Waals surface area contributed by atoms with Crippen LogP contribution in [-0.4, -0.2) is 0 Å². The smallest absolute Gasteiger partial charge is 0.135 e. The van der Waals surface area contributed by atoms with Crippen molar-refractivity contribution in [2.45, 2.75) is 6.92 Å². The summed E-state index contributed by atoms with van der Waals surface area (Å²) in [5.41, 5.74) is 2.36. The summed E-state index contributed by atoms with van der Waals surface area (Å²) in [6.45, 7) is 1.96. The summed E-state index contributed by atoms with van der Waals surface area (Å²) in [7, 11) is 0. The molecule has 3 rings (SSSR count). The minimum Gasteiger partial charge on any atom is -0.457 e. The molecule has 0 aliphatic carbocycles. The number of halogens is 2. The van der Waals surface area contributed by atoms with Crippen LogP contribution in [0.4, 0.5) is 4.39 Å². The summed E-state index contributed by atoms with van der Waals surface area (Å²) in [5.74, 6) is 0.680. The first-order chi connectivity index (χ1) is 11.6. The number of hydrogen-bond donors (Lipinski definition) is 0. The molecule has 1 aromatic heterocycles. The average molecular weight is 338 g/mol. The fourth-order valence-electron chi connectivity index (χ4n) is 2.43. The van der Waals surface area contributed by atoms with Crippen LogP contribution in [0.15, 0.2) is 59.0 Å². The maximum absolute atomic E-state index is 13.9. The zero-order valence-corrected chi connectivity index (χ0v) is 13.6. The minimum atomic E-state index is -0.442. The average Bonchev–Trinajstić information content (AvgIpc) is 3.04. The molecular weight excluding hydrogens is 325 g/mol. The van der Waals surface area contributed by atoms with Crippen molar-refractivity contribution in [3.8, 4) is 17.4 Å². The van der Waals surface area contributed by atoms with Crippen molar-refractivity contribution in [3.63, 3.8) is 0 Å². The van der Waals surface area contributed by atoms with Crippen LogP contribution < -0.4 is 0 Å². The first kappa shape index (κ1) is 16.0. The molecule has 2 aromatic carbocycles. The molecule has 0 radical (unpaired) electrons. The molecule has 3 aromatic rings. The Labute approximate surface area is 144 Å². The second-order valence-electron chi connectivity index (χ2n) is 5.31. The largest absolute Gasteiger partial charge is 0.457 e. The molecule has 2 nitrogen and oxygen atoms in total. The van der Waals surface area contributed by atoms with E-state index in [9.17, 15) is 9.65 Å². The van der Waals surface area contributed by atoms with E-state index in [1.165, 1.54) is 12.1 Å². The van der Waals surface area contributed by atoms with Gasteiger partial charge in [0.05, 0.1) is 11.6 Å². The summed E-state index contributed by atoms with van der Waals surface area (Å²) < 4.78 is 19.7. The number of hydrogen-bond acceptors (Lipinski definition) is 2. The molecule has 24 heavy (non-hydrogen) atoms. The monoisotopic (exact) mass is 337 g/mol. The number of furan rings is 1. The Balaban J connectivity index is 2.00. The van der Waals surface area contributed by atoms with Gasteiger partial charge in [-0.1, -0.05) is 35.9 Å². The summed E-state index contributed by atoms with van der Waals surface area (Å²) >= 11 is 6.04. The highest BCUT2D eigenvalue weighted by Crippen LogP contribution is 2.30. The zero-order chi connectivity index (χ0) is 17.1. The SMILES string of the molecule is Cc1ccc(Cl)cc1-c1ccc(C=C(C#N)c2ccccc2F)o1. The number of rotatable bonds is 3. The topological polar surface area (TPSA) is 36.9 Å². The molecule has 0 unspecified atom stereocenters. The lowest BCUT2D eigenvalue weighted by Gasteiger charge is -2.03. The number of benzene rings is 2. The van der Waals surface area contributed by atoms with Crippen LogP contribution >= 0.6 is 11.6 Å². The maximum Gasteiger partial charge on any atom is 0.135 e. The molecule has 0 spiro atoms. The van der Waals surface area contributed by atoms with Crippen molar-refractivity contribution in [3.05, 3.63) is 82.3 Å². The van der Waals surface area contributed by atoms with Crippen molar-refractivity contribution >= 4 is 23.3 Å². The molecule has 118 valence electrons. The Hall–Kier alpha value is -2.83. The molecule has 1 heterocycles. The lowest BCUT2D eigenvalue weighted by molar-refractivity contribution is 0.571. The predicted octanol–water partition coefficient (Wildman–Crippen LogP) is 6.11. The van der Waals surface area contributed by atoms with Gasteiger partial charge in [-0.25, -0.2) is 4.39 Å². The van der Waals surface area contributed by atoms with Gasteiger partial charge in [-0.2, -0.15) is 5.26 Å². The maximum atomic E-state index is 13.9.